The van der Waals surface area contributed by atoms with Crippen LogP contribution >= 0.6 is 15.9 Å². The Bertz CT molecular complexity index is 667. The van der Waals surface area contributed by atoms with Crippen LogP contribution in [0.15, 0.2) is 39.5 Å². The molecule has 0 aliphatic heterocycles. The monoisotopic (exact) mass is 322 g/mol. The van der Waals surface area contributed by atoms with Gasteiger partial charge in [0.25, 0.3) is 0 Å². The van der Waals surface area contributed by atoms with Crippen LogP contribution in [0.25, 0.3) is 22.7 Å². The molecule has 0 radical (unpaired) electrons. The molecule has 0 aromatic carbocycles. The molecular weight excluding hydrogens is 312 g/mol. The molecule has 0 bridgehead atoms. The molecule has 0 unspecified atom stereocenters. The summed E-state index contributed by atoms with van der Waals surface area (Å²) in [4.78, 5) is 20.8. The van der Waals surface area contributed by atoms with Gasteiger partial charge < -0.3 is 15.1 Å². The number of rotatable bonds is 1. The van der Waals surface area contributed by atoms with Crippen LogP contribution in [-0.4, -0.2) is 20.9 Å². The van der Waals surface area contributed by atoms with Crippen molar-refractivity contribution >= 4 is 33.0 Å². The Hall–Kier alpha value is -2.15. The minimum Gasteiger partial charge on any atom is -0.446 e. The first kappa shape index (κ1) is 13.3. The summed E-state index contributed by atoms with van der Waals surface area (Å²) in [7, 11) is 0. The van der Waals surface area contributed by atoms with E-state index in [0.717, 1.165) is 11.2 Å². The Morgan fingerprint density at radius 2 is 2.16 bits per heavy atom. The number of amides is 1. The van der Waals surface area contributed by atoms with Crippen molar-refractivity contribution in [2.24, 2.45) is 5.73 Å². The van der Waals surface area contributed by atoms with Gasteiger partial charge in [-0.25, -0.2) is 9.97 Å². The third kappa shape index (κ3) is 3.41. The van der Waals surface area contributed by atoms with Gasteiger partial charge in [-0.2, -0.15) is 0 Å². The Morgan fingerprint density at radius 3 is 2.74 bits per heavy atom. The van der Waals surface area contributed by atoms with Gasteiger partial charge in [-0.05, 0) is 40.2 Å². The van der Waals surface area contributed by atoms with Crippen LogP contribution in [0.3, 0.4) is 0 Å². The Kier molecular flexibility index (Phi) is 3.96. The van der Waals surface area contributed by atoms with Gasteiger partial charge in [0.1, 0.15) is 5.52 Å². The van der Waals surface area contributed by atoms with Crippen molar-refractivity contribution in [2.75, 3.05) is 0 Å². The molecule has 7 heteroatoms. The minimum atomic E-state index is -0.333. The molecule has 0 spiro atoms. The molecule has 0 aliphatic rings. The highest BCUT2D eigenvalue weighted by atomic mass is 79.9. The maximum atomic E-state index is 9.22. The molecule has 0 saturated carbocycles. The molecule has 3 aromatic heterocycles. The van der Waals surface area contributed by atoms with E-state index in [-0.39, 0.29) is 5.91 Å². The molecule has 98 valence electrons. The predicted octanol–water partition coefficient (Wildman–Crippen LogP) is 2.47. The SMILES string of the molecule is Brc1ccc(-c2nc3cccnc3[nH]2)o1.CC(N)=O. The third-order valence-corrected chi connectivity index (χ3v) is 2.49. The van der Waals surface area contributed by atoms with Gasteiger partial charge >= 0.3 is 0 Å². The Balaban J connectivity index is 0.000000297. The van der Waals surface area contributed by atoms with Gasteiger partial charge in [0.05, 0.1) is 0 Å². The highest BCUT2D eigenvalue weighted by Gasteiger charge is 2.08. The van der Waals surface area contributed by atoms with Gasteiger partial charge in [-0.3, -0.25) is 4.79 Å². The number of imidazole rings is 1. The third-order valence-electron chi connectivity index (χ3n) is 2.06. The molecule has 3 heterocycles. The number of aromatic nitrogens is 3. The Labute approximate surface area is 117 Å². The molecule has 19 heavy (non-hydrogen) atoms. The first-order chi connectivity index (χ1) is 9.06. The fraction of sp³-hybridized carbons (Fsp3) is 0.0833. The van der Waals surface area contributed by atoms with Crippen molar-refractivity contribution in [1.29, 1.82) is 0 Å². The van der Waals surface area contributed by atoms with E-state index in [0.29, 0.717) is 16.3 Å². The van der Waals surface area contributed by atoms with Crippen molar-refractivity contribution in [3.8, 4) is 11.6 Å². The summed E-state index contributed by atoms with van der Waals surface area (Å²) in [6.07, 6.45) is 1.72. The second kappa shape index (κ2) is 5.66. The van der Waals surface area contributed by atoms with E-state index in [9.17, 15) is 4.79 Å². The van der Waals surface area contributed by atoms with Crippen LogP contribution in [-0.2, 0) is 4.79 Å². The lowest BCUT2D eigenvalue weighted by Gasteiger charge is -1.86. The van der Waals surface area contributed by atoms with E-state index in [1.165, 1.54) is 6.92 Å². The summed E-state index contributed by atoms with van der Waals surface area (Å²) < 4.78 is 6.08. The summed E-state index contributed by atoms with van der Waals surface area (Å²) >= 11 is 3.25. The highest BCUT2D eigenvalue weighted by molar-refractivity contribution is 9.10. The van der Waals surface area contributed by atoms with Gasteiger partial charge in [-0.15, -0.1) is 0 Å². The zero-order valence-corrected chi connectivity index (χ0v) is 11.6. The van der Waals surface area contributed by atoms with Crippen molar-refractivity contribution in [3.05, 3.63) is 35.1 Å². The molecule has 3 aromatic rings. The van der Waals surface area contributed by atoms with Gasteiger partial charge in [0.2, 0.25) is 5.91 Å². The molecule has 6 nitrogen and oxygen atoms in total. The number of H-pyrrole nitrogens is 1. The van der Waals surface area contributed by atoms with Crippen LogP contribution in [0, 0.1) is 0 Å². The number of nitrogens with zero attached hydrogens (tertiary/aromatic N) is 2. The maximum absolute atomic E-state index is 9.22. The average molecular weight is 323 g/mol. The zero-order valence-electron chi connectivity index (χ0n) is 10.1. The van der Waals surface area contributed by atoms with Crippen molar-refractivity contribution < 1.29 is 9.21 Å². The van der Waals surface area contributed by atoms with Crippen LogP contribution in [0.1, 0.15) is 6.92 Å². The fourth-order valence-electron chi connectivity index (χ4n) is 1.40. The predicted molar refractivity (Wildman–Crippen MR) is 74.2 cm³/mol. The number of hydrogen-bond donors (Lipinski definition) is 2. The van der Waals surface area contributed by atoms with Crippen molar-refractivity contribution in [1.82, 2.24) is 15.0 Å². The molecule has 0 atom stereocenters. The standard InChI is InChI=1S/C10H6BrN3O.C2H5NO/c11-8-4-3-7(15-8)10-13-6-2-1-5-12-9(6)14-10;1-2(3)4/h1-5H,(H,12,13,14);1H3,(H2,3,4). The van der Waals surface area contributed by atoms with E-state index in [2.05, 4.69) is 36.6 Å². The number of furan rings is 1. The topological polar surface area (TPSA) is 97.8 Å². The summed E-state index contributed by atoms with van der Waals surface area (Å²) in [6.45, 7) is 1.31. The molecule has 1 amide bonds. The maximum Gasteiger partial charge on any atom is 0.214 e. The lowest BCUT2D eigenvalue weighted by Crippen LogP contribution is -2.01. The van der Waals surface area contributed by atoms with Gasteiger partial charge in [-0.1, -0.05) is 0 Å². The summed E-state index contributed by atoms with van der Waals surface area (Å²) in [6, 6.07) is 7.43. The zero-order chi connectivity index (χ0) is 13.8. The molecule has 0 fully saturated rings. The van der Waals surface area contributed by atoms with Crippen LogP contribution in [0.2, 0.25) is 0 Å². The first-order valence-corrected chi connectivity index (χ1v) is 6.18. The van der Waals surface area contributed by atoms with E-state index in [1.54, 1.807) is 6.20 Å². The number of nitrogens with one attached hydrogen (secondary N) is 1. The van der Waals surface area contributed by atoms with Crippen LogP contribution in [0.4, 0.5) is 0 Å². The first-order valence-electron chi connectivity index (χ1n) is 5.39. The molecule has 0 saturated heterocycles. The molecule has 3 rings (SSSR count). The summed E-state index contributed by atoms with van der Waals surface area (Å²) in [5.74, 6) is 1.05. The number of aromatic amines is 1. The number of hydrogen-bond acceptors (Lipinski definition) is 4. The van der Waals surface area contributed by atoms with Crippen molar-refractivity contribution in [2.45, 2.75) is 6.92 Å². The smallest absolute Gasteiger partial charge is 0.214 e. The van der Waals surface area contributed by atoms with Crippen LogP contribution < -0.4 is 5.73 Å². The number of carbonyl (C=O) groups is 1. The second-order valence-corrected chi connectivity index (χ2v) is 4.45. The highest BCUT2D eigenvalue weighted by Crippen LogP contribution is 2.23. The van der Waals surface area contributed by atoms with Crippen LogP contribution in [0.5, 0.6) is 0 Å². The normalized spacial score (nSPS) is 10.0. The summed E-state index contributed by atoms with van der Waals surface area (Å²) in [5.41, 5.74) is 6.07. The summed E-state index contributed by atoms with van der Waals surface area (Å²) in [5, 5.41) is 0. The molecule has 3 N–H and O–H groups in total. The van der Waals surface area contributed by atoms with E-state index >= 15 is 0 Å². The number of carbonyl (C=O) groups excluding carboxylic acids is 1. The van der Waals surface area contributed by atoms with E-state index in [4.69, 9.17) is 4.42 Å². The van der Waals surface area contributed by atoms with Crippen molar-refractivity contribution in [3.63, 3.8) is 0 Å². The lowest BCUT2D eigenvalue weighted by molar-refractivity contribution is -0.115. The molecule has 0 aliphatic carbocycles. The second-order valence-electron chi connectivity index (χ2n) is 3.67. The minimum absolute atomic E-state index is 0.333. The lowest BCUT2D eigenvalue weighted by atomic mass is 10.4. The number of nitrogens with two attached hydrogens (primary N) is 1. The average Bonchev–Trinajstić information content (AvgIpc) is 2.93. The fourth-order valence-corrected chi connectivity index (χ4v) is 1.71. The Morgan fingerprint density at radius 1 is 1.42 bits per heavy atom. The van der Waals surface area contributed by atoms with Gasteiger partial charge in [0.15, 0.2) is 21.9 Å². The van der Waals surface area contributed by atoms with Gasteiger partial charge in [0, 0.05) is 13.1 Å². The number of fused-ring (bicyclic) bond motifs is 1. The quantitative estimate of drug-likeness (QED) is 0.719. The molecular formula is C12H11BrN4O2. The largest absolute Gasteiger partial charge is 0.446 e. The number of pyridine rings is 1. The number of primary amides is 1. The van der Waals surface area contributed by atoms with E-state index in [1.807, 2.05) is 24.3 Å². The van der Waals surface area contributed by atoms with E-state index < -0.39 is 0 Å². The number of halogens is 1.